The maximum absolute atomic E-state index is 12.2. The molecule has 0 amide bonds. The van der Waals surface area contributed by atoms with E-state index in [1.54, 1.807) is 0 Å². The number of hydrogen-bond donors (Lipinski definition) is 2. The van der Waals surface area contributed by atoms with Crippen LogP contribution >= 0.6 is 23.2 Å². The number of halogens is 2. The summed E-state index contributed by atoms with van der Waals surface area (Å²) in [6, 6.07) is 2.60. The van der Waals surface area contributed by atoms with E-state index in [0.29, 0.717) is 18.5 Å². The highest BCUT2D eigenvalue weighted by atomic mass is 35.5. The third-order valence-electron chi connectivity index (χ3n) is 2.60. The number of sulfonamides is 1. The Morgan fingerprint density at radius 2 is 1.67 bits per heavy atom. The molecule has 18 heavy (non-hydrogen) atoms. The van der Waals surface area contributed by atoms with Crippen LogP contribution in [0.15, 0.2) is 17.0 Å². The van der Waals surface area contributed by atoms with Gasteiger partial charge in [0.1, 0.15) is 4.90 Å². The molecule has 0 aliphatic heterocycles. The number of nitrogen functional groups attached to an aromatic ring is 1. The molecule has 0 spiro atoms. The Bertz CT molecular complexity index is 505. The van der Waals surface area contributed by atoms with Crippen molar-refractivity contribution in [3.63, 3.8) is 0 Å². The van der Waals surface area contributed by atoms with Crippen LogP contribution < -0.4 is 10.5 Å². The average Bonchev–Trinajstić information content (AvgIpc) is 2.23. The summed E-state index contributed by atoms with van der Waals surface area (Å²) in [4.78, 5) is -0.119. The van der Waals surface area contributed by atoms with E-state index >= 15 is 0 Å². The Hall–Kier alpha value is -0.490. The molecule has 0 unspecified atom stereocenters. The van der Waals surface area contributed by atoms with Crippen molar-refractivity contribution < 1.29 is 8.42 Å². The molecule has 0 saturated carbocycles. The third-order valence-corrected chi connectivity index (χ3v) is 5.04. The van der Waals surface area contributed by atoms with Gasteiger partial charge >= 0.3 is 0 Å². The van der Waals surface area contributed by atoms with E-state index in [1.165, 1.54) is 12.1 Å². The van der Waals surface area contributed by atoms with Crippen molar-refractivity contribution in [1.82, 2.24) is 4.72 Å². The zero-order valence-electron chi connectivity index (χ0n) is 10.2. The van der Waals surface area contributed by atoms with E-state index in [0.717, 1.165) is 0 Å². The van der Waals surface area contributed by atoms with E-state index < -0.39 is 10.0 Å². The molecule has 3 N–H and O–H groups in total. The number of rotatable bonds is 5. The zero-order chi connectivity index (χ0) is 13.9. The molecule has 0 aliphatic rings. The van der Waals surface area contributed by atoms with Crippen LogP contribution in [0.5, 0.6) is 0 Å². The minimum Gasteiger partial charge on any atom is -0.399 e. The fourth-order valence-electron chi connectivity index (χ4n) is 1.57. The lowest BCUT2D eigenvalue weighted by molar-refractivity contribution is 0.530. The van der Waals surface area contributed by atoms with Crippen LogP contribution in [0.4, 0.5) is 5.69 Å². The minimum absolute atomic E-state index is 0.0263. The summed E-state index contributed by atoms with van der Waals surface area (Å²) in [7, 11) is -3.73. The quantitative estimate of drug-likeness (QED) is 0.821. The van der Waals surface area contributed by atoms with Crippen molar-refractivity contribution in [2.24, 2.45) is 0 Å². The summed E-state index contributed by atoms with van der Waals surface area (Å²) < 4.78 is 27.0. The van der Waals surface area contributed by atoms with Gasteiger partial charge in [-0.2, -0.15) is 0 Å². The van der Waals surface area contributed by atoms with Gasteiger partial charge in [0.15, 0.2) is 0 Å². The van der Waals surface area contributed by atoms with E-state index in [1.807, 2.05) is 13.8 Å². The van der Waals surface area contributed by atoms with Crippen molar-refractivity contribution >= 4 is 38.9 Å². The van der Waals surface area contributed by atoms with Gasteiger partial charge in [-0.1, -0.05) is 37.0 Å². The van der Waals surface area contributed by atoms with Crippen LogP contribution in [0.25, 0.3) is 0 Å². The van der Waals surface area contributed by atoms with Gasteiger partial charge in [0.05, 0.1) is 10.0 Å². The fourth-order valence-corrected chi connectivity index (χ4v) is 4.20. The first-order chi connectivity index (χ1) is 8.31. The largest absolute Gasteiger partial charge is 0.399 e. The summed E-state index contributed by atoms with van der Waals surface area (Å²) >= 11 is 11.8. The van der Waals surface area contributed by atoms with Gasteiger partial charge in [-0.25, -0.2) is 13.1 Å². The second-order valence-corrected chi connectivity index (χ2v) is 6.41. The first-order valence-corrected chi connectivity index (χ1v) is 7.82. The Labute approximate surface area is 118 Å². The van der Waals surface area contributed by atoms with Gasteiger partial charge in [-0.15, -0.1) is 0 Å². The average molecular weight is 311 g/mol. The molecule has 7 heteroatoms. The van der Waals surface area contributed by atoms with Gasteiger partial charge < -0.3 is 5.73 Å². The molecule has 102 valence electrons. The molecule has 0 fully saturated rings. The first kappa shape index (κ1) is 15.6. The molecule has 0 radical (unpaired) electrons. The van der Waals surface area contributed by atoms with Crippen LogP contribution in [0, 0.1) is 0 Å². The van der Waals surface area contributed by atoms with Crippen molar-refractivity contribution in [3.05, 3.63) is 22.2 Å². The second kappa shape index (κ2) is 6.10. The fraction of sp³-hybridized carbons (Fsp3) is 0.455. The summed E-state index contributed by atoms with van der Waals surface area (Å²) in [6.07, 6.45) is 1.39. The highest BCUT2D eigenvalue weighted by molar-refractivity contribution is 7.89. The molecular weight excluding hydrogens is 295 g/mol. The van der Waals surface area contributed by atoms with Crippen LogP contribution in [0.2, 0.25) is 10.0 Å². The minimum atomic E-state index is -3.73. The number of hydrogen-bond acceptors (Lipinski definition) is 3. The normalized spacial score (nSPS) is 12.1. The molecule has 1 aromatic carbocycles. The number of benzene rings is 1. The Morgan fingerprint density at radius 1 is 1.22 bits per heavy atom. The number of anilines is 1. The molecule has 1 aromatic rings. The summed E-state index contributed by atoms with van der Waals surface area (Å²) in [6.45, 7) is 3.81. The molecule has 4 nitrogen and oxygen atoms in total. The van der Waals surface area contributed by atoms with Crippen molar-refractivity contribution in [2.75, 3.05) is 5.73 Å². The van der Waals surface area contributed by atoms with E-state index in [4.69, 9.17) is 28.9 Å². The molecule has 0 aromatic heterocycles. The number of nitrogens with two attached hydrogens (primary N) is 1. The molecule has 0 saturated heterocycles. The van der Waals surface area contributed by atoms with Crippen LogP contribution in [0.1, 0.15) is 26.7 Å². The lowest BCUT2D eigenvalue weighted by Crippen LogP contribution is -2.34. The van der Waals surface area contributed by atoms with Gasteiger partial charge in [-0.05, 0) is 25.0 Å². The van der Waals surface area contributed by atoms with Crippen LogP contribution in [-0.4, -0.2) is 14.5 Å². The highest BCUT2D eigenvalue weighted by Gasteiger charge is 2.24. The Kier molecular flexibility index (Phi) is 5.28. The Morgan fingerprint density at radius 3 is 2.06 bits per heavy atom. The lowest BCUT2D eigenvalue weighted by atomic mass is 10.2. The third kappa shape index (κ3) is 3.51. The van der Waals surface area contributed by atoms with Gasteiger partial charge in [0.2, 0.25) is 10.0 Å². The summed E-state index contributed by atoms with van der Waals surface area (Å²) in [5.74, 6) is 0. The second-order valence-electron chi connectivity index (χ2n) is 3.95. The SMILES string of the molecule is CCC(CC)NS(=O)(=O)c1c(Cl)cc(N)cc1Cl. The molecule has 0 aliphatic carbocycles. The molecule has 0 heterocycles. The van der Waals surface area contributed by atoms with E-state index in [2.05, 4.69) is 4.72 Å². The molecule has 0 bridgehead atoms. The predicted octanol–water partition coefficient (Wildman–Crippen LogP) is 3.04. The van der Waals surface area contributed by atoms with Crippen molar-refractivity contribution in [3.8, 4) is 0 Å². The topological polar surface area (TPSA) is 72.2 Å². The summed E-state index contributed by atoms with van der Waals surface area (Å²) in [5.41, 5.74) is 5.87. The lowest BCUT2D eigenvalue weighted by Gasteiger charge is -2.16. The van der Waals surface area contributed by atoms with E-state index in [-0.39, 0.29) is 21.0 Å². The first-order valence-electron chi connectivity index (χ1n) is 5.58. The van der Waals surface area contributed by atoms with Crippen molar-refractivity contribution in [2.45, 2.75) is 37.6 Å². The Balaban J connectivity index is 3.21. The summed E-state index contributed by atoms with van der Waals surface area (Å²) in [5, 5.41) is 0.0527. The number of nitrogens with one attached hydrogen (secondary N) is 1. The van der Waals surface area contributed by atoms with Crippen molar-refractivity contribution in [1.29, 1.82) is 0 Å². The van der Waals surface area contributed by atoms with Crippen LogP contribution in [-0.2, 0) is 10.0 Å². The molecular formula is C11H16Cl2N2O2S. The molecule has 1 rings (SSSR count). The highest BCUT2D eigenvalue weighted by Crippen LogP contribution is 2.31. The maximum Gasteiger partial charge on any atom is 0.243 e. The van der Waals surface area contributed by atoms with E-state index in [9.17, 15) is 8.42 Å². The van der Waals surface area contributed by atoms with Gasteiger partial charge in [0, 0.05) is 11.7 Å². The van der Waals surface area contributed by atoms with Gasteiger partial charge in [0.25, 0.3) is 0 Å². The molecule has 0 atom stereocenters. The zero-order valence-corrected chi connectivity index (χ0v) is 12.5. The smallest absolute Gasteiger partial charge is 0.243 e. The standard InChI is InChI=1S/C11H16Cl2N2O2S/c1-3-8(4-2)15-18(16,17)11-9(12)5-7(14)6-10(11)13/h5-6,8,15H,3-4,14H2,1-2H3. The predicted molar refractivity (Wildman–Crippen MR) is 75.6 cm³/mol. The monoisotopic (exact) mass is 310 g/mol. The van der Waals surface area contributed by atoms with Gasteiger partial charge in [-0.3, -0.25) is 0 Å². The van der Waals surface area contributed by atoms with Crippen LogP contribution in [0.3, 0.4) is 0 Å². The maximum atomic E-state index is 12.2.